The molecule has 0 fully saturated rings. The second-order valence-corrected chi connectivity index (χ2v) is 5.55. The standard InChI is InChI=1S/C15H20ClN3O/c1-18(10-12-9-17-19(2)11-12)8-7-15(20)13-3-5-14(16)6-4-13/h3-6,9,11,15,20H,7-8,10H2,1-2H3. The first-order chi connectivity index (χ1) is 9.54. The van der Waals surface area contributed by atoms with Crippen LogP contribution in [0.25, 0.3) is 0 Å². The molecule has 5 heteroatoms. The number of aromatic nitrogens is 2. The average molecular weight is 294 g/mol. The van der Waals surface area contributed by atoms with Gasteiger partial charge >= 0.3 is 0 Å². The molecule has 1 heterocycles. The molecule has 1 aromatic heterocycles. The van der Waals surface area contributed by atoms with Gasteiger partial charge in [0.15, 0.2) is 0 Å². The van der Waals surface area contributed by atoms with Gasteiger partial charge in [0.2, 0.25) is 0 Å². The van der Waals surface area contributed by atoms with Gasteiger partial charge in [-0.15, -0.1) is 0 Å². The minimum absolute atomic E-state index is 0.455. The summed E-state index contributed by atoms with van der Waals surface area (Å²) in [5.74, 6) is 0. The Morgan fingerprint density at radius 1 is 1.35 bits per heavy atom. The molecule has 2 rings (SSSR count). The number of benzene rings is 1. The molecule has 0 saturated carbocycles. The maximum absolute atomic E-state index is 10.1. The van der Waals surface area contributed by atoms with Gasteiger partial charge in [-0.05, 0) is 31.2 Å². The molecule has 2 aromatic rings. The Morgan fingerprint density at radius 3 is 2.65 bits per heavy atom. The quantitative estimate of drug-likeness (QED) is 0.890. The molecule has 0 saturated heterocycles. The van der Waals surface area contributed by atoms with E-state index >= 15 is 0 Å². The van der Waals surface area contributed by atoms with Crippen molar-refractivity contribution in [1.82, 2.24) is 14.7 Å². The van der Waals surface area contributed by atoms with Crippen LogP contribution in [0.4, 0.5) is 0 Å². The van der Waals surface area contributed by atoms with Crippen LogP contribution in [-0.4, -0.2) is 33.4 Å². The zero-order chi connectivity index (χ0) is 14.5. The predicted octanol–water partition coefficient (Wildman–Crippen LogP) is 2.63. The third kappa shape index (κ3) is 4.34. The second-order valence-electron chi connectivity index (χ2n) is 5.12. The molecule has 108 valence electrons. The molecule has 0 bridgehead atoms. The molecule has 0 aliphatic carbocycles. The smallest absolute Gasteiger partial charge is 0.0802 e. The molecule has 1 atom stereocenters. The van der Waals surface area contributed by atoms with Gasteiger partial charge in [-0.2, -0.15) is 5.10 Å². The van der Waals surface area contributed by atoms with E-state index in [4.69, 9.17) is 11.6 Å². The van der Waals surface area contributed by atoms with E-state index in [0.717, 1.165) is 18.7 Å². The van der Waals surface area contributed by atoms with Crippen LogP contribution in [0.15, 0.2) is 36.7 Å². The topological polar surface area (TPSA) is 41.3 Å². The lowest BCUT2D eigenvalue weighted by Gasteiger charge is -2.18. The van der Waals surface area contributed by atoms with Gasteiger partial charge in [0, 0.05) is 36.9 Å². The number of rotatable bonds is 6. The summed E-state index contributed by atoms with van der Waals surface area (Å²) in [6.07, 6.45) is 4.11. The highest BCUT2D eigenvalue weighted by Gasteiger charge is 2.09. The van der Waals surface area contributed by atoms with E-state index in [9.17, 15) is 5.11 Å². The molecule has 4 nitrogen and oxygen atoms in total. The summed E-state index contributed by atoms with van der Waals surface area (Å²) in [4.78, 5) is 2.18. The van der Waals surface area contributed by atoms with Crippen LogP contribution in [-0.2, 0) is 13.6 Å². The second kappa shape index (κ2) is 6.88. The minimum Gasteiger partial charge on any atom is -0.388 e. The summed E-state index contributed by atoms with van der Waals surface area (Å²) in [6.45, 7) is 1.65. The van der Waals surface area contributed by atoms with Crippen LogP contribution in [0, 0.1) is 0 Å². The van der Waals surface area contributed by atoms with Crippen LogP contribution >= 0.6 is 11.6 Å². The van der Waals surface area contributed by atoms with Crippen molar-refractivity contribution in [2.45, 2.75) is 19.1 Å². The first-order valence-corrected chi connectivity index (χ1v) is 7.02. The van der Waals surface area contributed by atoms with Crippen LogP contribution in [0.1, 0.15) is 23.7 Å². The van der Waals surface area contributed by atoms with Crippen LogP contribution in [0.3, 0.4) is 0 Å². The zero-order valence-corrected chi connectivity index (χ0v) is 12.6. The van der Waals surface area contributed by atoms with Crippen molar-refractivity contribution in [3.63, 3.8) is 0 Å². The van der Waals surface area contributed by atoms with E-state index in [-0.39, 0.29) is 0 Å². The van der Waals surface area contributed by atoms with E-state index in [1.807, 2.05) is 38.6 Å². The summed E-state index contributed by atoms with van der Waals surface area (Å²) in [5.41, 5.74) is 2.08. The van der Waals surface area contributed by atoms with Crippen molar-refractivity contribution in [3.05, 3.63) is 52.8 Å². The lowest BCUT2D eigenvalue weighted by Crippen LogP contribution is -2.20. The van der Waals surface area contributed by atoms with E-state index in [2.05, 4.69) is 10.00 Å². The van der Waals surface area contributed by atoms with Crippen molar-refractivity contribution in [1.29, 1.82) is 0 Å². The number of hydrogen-bond acceptors (Lipinski definition) is 3. The molecular weight excluding hydrogens is 274 g/mol. The van der Waals surface area contributed by atoms with Crippen molar-refractivity contribution in [3.8, 4) is 0 Å². The molecule has 0 aliphatic rings. The maximum atomic E-state index is 10.1. The molecule has 1 N–H and O–H groups in total. The molecule has 1 aromatic carbocycles. The average Bonchev–Trinajstić information content (AvgIpc) is 2.82. The summed E-state index contributed by atoms with van der Waals surface area (Å²) in [6, 6.07) is 7.35. The molecule has 0 radical (unpaired) electrons. The SMILES string of the molecule is CN(CCC(O)c1ccc(Cl)cc1)Cc1cnn(C)c1. The van der Waals surface area contributed by atoms with Crippen molar-refractivity contribution in [2.75, 3.05) is 13.6 Å². The monoisotopic (exact) mass is 293 g/mol. The van der Waals surface area contributed by atoms with Gasteiger partial charge in [0.1, 0.15) is 0 Å². The van der Waals surface area contributed by atoms with Crippen LogP contribution in [0.2, 0.25) is 5.02 Å². The van der Waals surface area contributed by atoms with Gasteiger partial charge in [0.05, 0.1) is 12.3 Å². The molecule has 1 unspecified atom stereocenters. The van der Waals surface area contributed by atoms with E-state index < -0.39 is 6.10 Å². The number of nitrogens with zero attached hydrogens (tertiary/aromatic N) is 3. The number of hydrogen-bond donors (Lipinski definition) is 1. The Bertz CT molecular complexity index is 538. The maximum Gasteiger partial charge on any atom is 0.0802 e. The highest BCUT2D eigenvalue weighted by Crippen LogP contribution is 2.19. The summed E-state index contributed by atoms with van der Waals surface area (Å²) >= 11 is 5.84. The summed E-state index contributed by atoms with van der Waals surface area (Å²) < 4.78 is 1.80. The molecule has 0 amide bonds. The Morgan fingerprint density at radius 2 is 2.05 bits per heavy atom. The molecular formula is C15H20ClN3O. The minimum atomic E-state index is -0.455. The fourth-order valence-corrected chi connectivity index (χ4v) is 2.26. The zero-order valence-electron chi connectivity index (χ0n) is 11.8. The molecule has 0 aliphatic heterocycles. The highest BCUT2D eigenvalue weighted by molar-refractivity contribution is 6.30. The first-order valence-electron chi connectivity index (χ1n) is 6.64. The van der Waals surface area contributed by atoms with E-state index in [0.29, 0.717) is 11.4 Å². The fraction of sp³-hybridized carbons (Fsp3) is 0.400. The van der Waals surface area contributed by atoms with Crippen molar-refractivity contribution < 1.29 is 5.11 Å². The lowest BCUT2D eigenvalue weighted by atomic mass is 10.1. The van der Waals surface area contributed by atoms with Gasteiger partial charge in [0.25, 0.3) is 0 Å². The van der Waals surface area contributed by atoms with E-state index in [1.165, 1.54) is 5.56 Å². The Labute approximate surface area is 124 Å². The Hall–Kier alpha value is -1.36. The first kappa shape index (κ1) is 15.0. The summed E-state index contributed by atoms with van der Waals surface area (Å²) in [7, 11) is 3.95. The third-order valence-corrected chi connectivity index (χ3v) is 3.50. The Kier molecular flexibility index (Phi) is 5.17. The van der Waals surface area contributed by atoms with Crippen molar-refractivity contribution in [2.24, 2.45) is 7.05 Å². The van der Waals surface area contributed by atoms with Gasteiger partial charge in [-0.3, -0.25) is 4.68 Å². The Balaban J connectivity index is 1.80. The largest absolute Gasteiger partial charge is 0.388 e. The number of halogens is 1. The number of aryl methyl sites for hydroxylation is 1. The number of aliphatic hydroxyl groups excluding tert-OH is 1. The van der Waals surface area contributed by atoms with Gasteiger partial charge in [-0.25, -0.2) is 0 Å². The lowest BCUT2D eigenvalue weighted by molar-refractivity contribution is 0.147. The van der Waals surface area contributed by atoms with E-state index in [1.54, 1.807) is 16.8 Å². The predicted molar refractivity (Wildman–Crippen MR) is 80.6 cm³/mol. The van der Waals surface area contributed by atoms with Crippen molar-refractivity contribution >= 4 is 11.6 Å². The van der Waals surface area contributed by atoms with Crippen LogP contribution in [0.5, 0.6) is 0 Å². The summed E-state index contributed by atoms with van der Waals surface area (Å²) in [5, 5.41) is 15.0. The molecule has 20 heavy (non-hydrogen) atoms. The highest BCUT2D eigenvalue weighted by atomic mass is 35.5. The van der Waals surface area contributed by atoms with Crippen LogP contribution < -0.4 is 0 Å². The third-order valence-electron chi connectivity index (χ3n) is 3.25. The normalized spacial score (nSPS) is 12.8. The van der Waals surface area contributed by atoms with Gasteiger partial charge < -0.3 is 10.0 Å². The fourth-order valence-electron chi connectivity index (χ4n) is 2.14. The molecule has 0 spiro atoms. The number of aliphatic hydroxyl groups is 1. The van der Waals surface area contributed by atoms with Gasteiger partial charge in [-0.1, -0.05) is 23.7 Å².